The largest absolute Gasteiger partial charge is 0.494 e. The number of nitrogens with one attached hydrogen (secondary N) is 1. The van der Waals surface area contributed by atoms with Gasteiger partial charge in [0.25, 0.3) is 0 Å². The zero-order valence-corrected chi connectivity index (χ0v) is 30.5. The van der Waals surface area contributed by atoms with E-state index in [9.17, 15) is 19.2 Å². The minimum Gasteiger partial charge on any atom is -0.494 e. The smallest absolute Gasteiger partial charge is 0.407 e. The van der Waals surface area contributed by atoms with Crippen LogP contribution in [0.15, 0.2) is 54.6 Å². The van der Waals surface area contributed by atoms with Crippen LogP contribution in [0.2, 0.25) is 0 Å². The van der Waals surface area contributed by atoms with Crippen LogP contribution >= 0.6 is 0 Å². The van der Waals surface area contributed by atoms with E-state index in [2.05, 4.69) is 41.7 Å². The molecule has 3 aliphatic heterocycles. The van der Waals surface area contributed by atoms with Crippen molar-refractivity contribution in [3.63, 3.8) is 0 Å². The summed E-state index contributed by atoms with van der Waals surface area (Å²) in [6.45, 7) is 9.66. The van der Waals surface area contributed by atoms with Gasteiger partial charge in [0, 0.05) is 63.8 Å². The number of fused-ring (bicyclic) bond motifs is 1. The molecule has 3 atom stereocenters. The van der Waals surface area contributed by atoms with E-state index in [1.54, 1.807) is 20.8 Å². The lowest BCUT2D eigenvalue weighted by Crippen LogP contribution is -2.54. The second-order valence-corrected chi connectivity index (χ2v) is 14.9. The Morgan fingerprint density at radius 2 is 1.65 bits per heavy atom. The van der Waals surface area contributed by atoms with E-state index in [1.807, 2.05) is 28.0 Å². The molecule has 3 saturated heterocycles. The molecule has 3 fully saturated rings. The number of ketones is 2. The fourth-order valence-corrected chi connectivity index (χ4v) is 7.38. The van der Waals surface area contributed by atoms with Crippen LogP contribution in [-0.4, -0.2) is 104 Å². The number of amides is 3. The number of carbonyl (C=O) groups excluding carboxylic acids is 4. The zero-order chi connectivity index (χ0) is 36.2. The quantitative estimate of drug-likeness (QED) is 0.238. The summed E-state index contributed by atoms with van der Waals surface area (Å²) in [6, 6.07) is 18.9. The highest BCUT2D eigenvalue weighted by atomic mass is 16.6. The molecule has 11 nitrogen and oxygen atoms in total. The van der Waals surface area contributed by atoms with Crippen LogP contribution < -0.4 is 10.1 Å². The predicted molar refractivity (Wildman–Crippen MR) is 193 cm³/mol. The van der Waals surface area contributed by atoms with E-state index in [4.69, 9.17) is 18.9 Å². The number of likely N-dealkylation sites (tertiary alicyclic amines) is 2. The number of carbonyl (C=O) groups is 4. The van der Waals surface area contributed by atoms with E-state index in [0.717, 1.165) is 25.0 Å². The van der Waals surface area contributed by atoms with Gasteiger partial charge in [0.05, 0.1) is 25.9 Å². The topological polar surface area (TPSA) is 124 Å². The molecule has 0 spiro atoms. The molecule has 2 aromatic carbocycles. The molecule has 0 aromatic heterocycles. The summed E-state index contributed by atoms with van der Waals surface area (Å²) in [7, 11) is 0. The molecule has 0 bridgehead atoms. The van der Waals surface area contributed by atoms with E-state index < -0.39 is 11.7 Å². The number of Topliss-reactive ketones (excluding diaryl/α,β-unsaturated/α-hetero) is 2. The fourth-order valence-electron chi connectivity index (χ4n) is 7.38. The van der Waals surface area contributed by atoms with Gasteiger partial charge in [-0.25, -0.2) is 9.59 Å². The summed E-state index contributed by atoms with van der Waals surface area (Å²) in [5.41, 5.74) is 1.88. The van der Waals surface area contributed by atoms with Crippen LogP contribution in [0.1, 0.15) is 82.8 Å². The van der Waals surface area contributed by atoms with Crippen molar-refractivity contribution in [3.05, 3.63) is 65.7 Å². The van der Waals surface area contributed by atoms with Crippen molar-refractivity contribution < 1.29 is 38.1 Å². The van der Waals surface area contributed by atoms with Gasteiger partial charge in [-0.3, -0.25) is 9.59 Å². The Morgan fingerprint density at radius 1 is 0.902 bits per heavy atom. The standard InChI is InChI=1S/C40H55N3O8/c1-40(2,3)51-38(46)41-18-24-48-23-17-33(44)12-8-22-49-35-13-7-11-31(26-35)37(29-9-5-4-6-10-29)30-14-19-42(20-15-30)39(47)43-21-16-36-32(27-43)25-34(45)28-50-36/h4-7,9-11,13,26,30,32,36-37H,8,12,14-25,27-28H2,1-3H3,(H,41,46)/t32-,36+,37?/m1/s1. The molecule has 2 aromatic rings. The third-order valence-corrected chi connectivity index (χ3v) is 9.85. The number of hydrogen-bond acceptors (Lipinski definition) is 8. The number of piperidine rings is 2. The fraction of sp³-hybridized carbons (Fsp3) is 0.600. The second-order valence-electron chi connectivity index (χ2n) is 14.9. The van der Waals surface area contributed by atoms with Crippen LogP contribution in [0.25, 0.3) is 0 Å². The molecule has 5 rings (SSSR count). The van der Waals surface area contributed by atoms with Crippen molar-refractivity contribution in [3.8, 4) is 5.75 Å². The zero-order valence-electron chi connectivity index (χ0n) is 30.5. The summed E-state index contributed by atoms with van der Waals surface area (Å²) in [6.07, 6.45) is 4.02. The molecule has 1 N–H and O–H groups in total. The van der Waals surface area contributed by atoms with Crippen molar-refractivity contribution in [2.45, 2.75) is 83.3 Å². The van der Waals surface area contributed by atoms with Gasteiger partial charge in [0.2, 0.25) is 0 Å². The Labute approximate surface area is 302 Å². The highest BCUT2D eigenvalue weighted by Crippen LogP contribution is 2.39. The molecule has 0 radical (unpaired) electrons. The molecule has 278 valence electrons. The van der Waals surface area contributed by atoms with Crippen LogP contribution in [0.5, 0.6) is 5.75 Å². The van der Waals surface area contributed by atoms with Crippen molar-refractivity contribution in [2.24, 2.45) is 11.8 Å². The summed E-state index contributed by atoms with van der Waals surface area (Å²) in [5, 5.41) is 2.63. The Morgan fingerprint density at radius 3 is 2.41 bits per heavy atom. The molecule has 0 saturated carbocycles. The Balaban J connectivity index is 1.06. The Kier molecular flexibility index (Phi) is 13.9. The third-order valence-electron chi connectivity index (χ3n) is 9.85. The van der Waals surface area contributed by atoms with Crippen molar-refractivity contribution in [2.75, 3.05) is 59.2 Å². The first-order chi connectivity index (χ1) is 24.6. The molecule has 51 heavy (non-hydrogen) atoms. The van der Waals surface area contributed by atoms with E-state index in [0.29, 0.717) is 84.1 Å². The molecule has 3 amide bonds. The first-order valence-electron chi connectivity index (χ1n) is 18.6. The highest BCUT2D eigenvalue weighted by Gasteiger charge is 2.39. The van der Waals surface area contributed by atoms with Gasteiger partial charge in [-0.15, -0.1) is 0 Å². The van der Waals surface area contributed by atoms with Gasteiger partial charge in [0.1, 0.15) is 23.7 Å². The van der Waals surface area contributed by atoms with Gasteiger partial charge in [-0.1, -0.05) is 42.5 Å². The second kappa shape index (κ2) is 18.5. The minimum atomic E-state index is -0.550. The number of alkyl carbamates (subject to hydrolysis) is 1. The van der Waals surface area contributed by atoms with Gasteiger partial charge in [0.15, 0.2) is 5.78 Å². The molecule has 0 aliphatic carbocycles. The van der Waals surface area contributed by atoms with E-state index >= 15 is 0 Å². The monoisotopic (exact) mass is 705 g/mol. The number of ether oxygens (including phenoxy) is 4. The normalized spacial score (nSPS) is 20.3. The summed E-state index contributed by atoms with van der Waals surface area (Å²) in [5.74, 6) is 1.64. The van der Waals surface area contributed by atoms with Crippen molar-refractivity contribution in [1.82, 2.24) is 15.1 Å². The first kappa shape index (κ1) is 38.3. The Hall–Kier alpha value is -3.96. The first-order valence-corrected chi connectivity index (χ1v) is 18.6. The molecule has 3 heterocycles. The number of rotatable bonds is 14. The lowest BCUT2D eigenvalue weighted by molar-refractivity contribution is -0.140. The molecular weight excluding hydrogens is 650 g/mol. The van der Waals surface area contributed by atoms with Crippen LogP contribution in [0.4, 0.5) is 9.59 Å². The van der Waals surface area contributed by atoms with E-state index in [1.165, 1.54) is 11.1 Å². The van der Waals surface area contributed by atoms with Crippen LogP contribution in [-0.2, 0) is 23.8 Å². The Bertz CT molecular complexity index is 1450. The van der Waals surface area contributed by atoms with Crippen LogP contribution in [0.3, 0.4) is 0 Å². The number of urea groups is 1. The number of benzene rings is 2. The van der Waals surface area contributed by atoms with Crippen molar-refractivity contribution in [1.29, 1.82) is 0 Å². The summed E-state index contributed by atoms with van der Waals surface area (Å²) < 4.78 is 22.5. The maximum atomic E-state index is 13.5. The number of hydrogen-bond donors (Lipinski definition) is 1. The maximum absolute atomic E-state index is 13.5. The maximum Gasteiger partial charge on any atom is 0.407 e. The average molecular weight is 706 g/mol. The lowest BCUT2D eigenvalue weighted by atomic mass is 9.76. The van der Waals surface area contributed by atoms with E-state index in [-0.39, 0.29) is 42.1 Å². The highest BCUT2D eigenvalue weighted by molar-refractivity contribution is 5.81. The van der Waals surface area contributed by atoms with Gasteiger partial charge < -0.3 is 34.1 Å². The molecule has 11 heteroatoms. The SMILES string of the molecule is CC(C)(C)OC(=O)NCCOCCC(=O)CCCOc1cccc(C(c2ccccc2)C2CCN(C(=O)N3CC[C@@H]4OCC(=O)C[C@@H]4C3)CC2)c1. The van der Waals surface area contributed by atoms with Gasteiger partial charge >= 0.3 is 12.1 Å². The predicted octanol–water partition coefficient (Wildman–Crippen LogP) is 5.99. The van der Waals surface area contributed by atoms with Gasteiger partial charge in [-0.05, 0) is 75.6 Å². The lowest BCUT2D eigenvalue weighted by Gasteiger charge is -2.43. The molecular formula is C40H55N3O8. The average Bonchev–Trinajstić information content (AvgIpc) is 3.11. The van der Waals surface area contributed by atoms with Crippen LogP contribution in [0, 0.1) is 11.8 Å². The molecule has 3 aliphatic rings. The van der Waals surface area contributed by atoms with Crippen molar-refractivity contribution >= 4 is 23.7 Å². The van der Waals surface area contributed by atoms with Gasteiger partial charge in [-0.2, -0.15) is 0 Å². The number of nitrogens with zero attached hydrogens (tertiary/aromatic N) is 2. The summed E-state index contributed by atoms with van der Waals surface area (Å²) >= 11 is 0. The summed E-state index contributed by atoms with van der Waals surface area (Å²) in [4.78, 5) is 53.5. The third kappa shape index (κ3) is 11.8. The minimum absolute atomic E-state index is 0.0789. The molecule has 1 unspecified atom stereocenters.